The number of hydrogen-bond acceptors (Lipinski definition) is 7. The van der Waals surface area contributed by atoms with Gasteiger partial charge in [0.1, 0.15) is 0 Å². The van der Waals surface area contributed by atoms with E-state index in [2.05, 4.69) is 8.83 Å². The van der Waals surface area contributed by atoms with E-state index in [9.17, 15) is 19.2 Å². The van der Waals surface area contributed by atoms with Crippen LogP contribution < -0.4 is 22.5 Å². The van der Waals surface area contributed by atoms with Gasteiger partial charge in [-0.25, -0.2) is 19.2 Å². The predicted octanol–water partition coefficient (Wildman–Crippen LogP) is 1.65. The molecular weight excluding hydrogens is 320 g/mol. The first kappa shape index (κ1) is 13.7. The third-order valence-electron chi connectivity index (χ3n) is 3.47. The lowest BCUT2D eigenvalue weighted by molar-refractivity contribution is 0.496. The van der Waals surface area contributed by atoms with Crippen LogP contribution in [0.25, 0.3) is 21.5 Å². The normalized spacial score (nSPS) is 11.5. The Morgan fingerprint density at radius 3 is 2.04 bits per heavy atom. The fraction of sp³-hybridized carbons (Fsp3) is 0. The molecule has 0 saturated carbocycles. The minimum Gasteiger partial charge on any atom is -0.386 e. The molecule has 7 heteroatoms. The molecule has 0 N–H and O–H groups in total. The average molecular weight is 326 g/mol. The van der Waals surface area contributed by atoms with Crippen LogP contribution in [0.15, 0.2) is 74.2 Å². The van der Waals surface area contributed by atoms with E-state index in [0.717, 1.165) is 4.90 Å². The van der Waals surface area contributed by atoms with Crippen LogP contribution in [0, 0.1) is 0 Å². The third kappa shape index (κ3) is 1.97. The number of fused-ring (bicyclic) bond motifs is 3. The Bertz CT molecular complexity index is 1260. The quantitative estimate of drug-likeness (QED) is 0.552. The number of rotatable bonds is 2. The van der Waals surface area contributed by atoms with Gasteiger partial charge in [-0.15, -0.1) is 0 Å². The van der Waals surface area contributed by atoms with Crippen LogP contribution in [0.3, 0.4) is 0 Å². The molecule has 0 aliphatic carbocycles. The zero-order valence-corrected chi connectivity index (χ0v) is 12.1. The van der Waals surface area contributed by atoms with Crippen LogP contribution in [-0.2, 0) is 0 Å². The van der Waals surface area contributed by atoms with E-state index in [4.69, 9.17) is 0 Å². The SMILES string of the molecule is O=c1oc(=O)c2c1cc(Sc1ccccc1)c1c(=O)oc(=O)c12. The summed E-state index contributed by atoms with van der Waals surface area (Å²) in [5.74, 6) is 0. The summed E-state index contributed by atoms with van der Waals surface area (Å²) in [6.07, 6.45) is 0. The van der Waals surface area contributed by atoms with Gasteiger partial charge in [0.2, 0.25) is 0 Å². The van der Waals surface area contributed by atoms with Crippen LogP contribution in [0.2, 0.25) is 0 Å². The van der Waals surface area contributed by atoms with Crippen molar-refractivity contribution in [2.45, 2.75) is 9.79 Å². The molecule has 0 fully saturated rings. The Morgan fingerprint density at radius 2 is 1.30 bits per heavy atom. The van der Waals surface area contributed by atoms with Crippen molar-refractivity contribution in [1.29, 1.82) is 0 Å². The molecule has 0 radical (unpaired) electrons. The Hall–Kier alpha value is -2.93. The zero-order chi connectivity index (χ0) is 16.1. The second-order valence-electron chi connectivity index (χ2n) is 4.82. The summed E-state index contributed by atoms with van der Waals surface area (Å²) < 4.78 is 9.15. The first-order valence-electron chi connectivity index (χ1n) is 6.53. The van der Waals surface area contributed by atoms with Crippen LogP contribution in [0.1, 0.15) is 0 Å². The van der Waals surface area contributed by atoms with Gasteiger partial charge in [0.15, 0.2) is 0 Å². The first-order chi connectivity index (χ1) is 11.1. The predicted molar refractivity (Wildman–Crippen MR) is 84.0 cm³/mol. The van der Waals surface area contributed by atoms with Gasteiger partial charge in [-0.2, -0.15) is 0 Å². The molecule has 0 atom stereocenters. The molecule has 4 aromatic rings. The van der Waals surface area contributed by atoms with Crippen molar-refractivity contribution >= 4 is 33.3 Å². The molecule has 6 nitrogen and oxygen atoms in total. The Kier molecular flexibility index (Phi) is 2.85. The highest BCUT2D eigenvalue weighted by molar-refractivity contribution is 7.99. The molecule has 2 aromatic heterocycles. The summed E-state index contributed by atoms with van der Waals surface area (Å²) in [6.45, 7) is 0. The Labute approximate surface area is 130 Å². The van der Waals surface area contributed by atoms with Crippen molar-refractivity contribution in [3.05, 3.63) is 78.1 Å². The third-order valence-corrected chi connectivity index (χ3v) is 4.52. The van der Waals surface area contributed by atoms with Crippen LogP contribution in [0.4, 0.5) is 0 Å². The highest BCUT2D eigenvalue weighted by Gasteiger charge is 2.23. The maximum absolute atomic E-state index is 12.0. The van der Waals surface area contributed by atoms with Crippen molar-refractivity contribution in [3.8, 4) is 0 Å². The van der Waals surface area contributed by atoms with Crippen LogP contribution in [-0.4, -0.2) is 0 Å². The van der Waals surface area contributed by atoms with E-state index in [0.29, 0.717) is 4.90 Å². The van der Waals surface area contributed by atoms with E-state index in [1.54, 1.807) is 0 Å². The molecule has 4 rings (SSSR count). The molecule has 0 saturated heterocycles. The zero-order valence-electron chi connectivity index (χ0n) is 11.3. The van der Waals surface area contributed by atoms with E-state index < -0.39 is 22.5 Å². The summed E-state index contributed by atoms with van der Waals surface area (Å²) in [5.41, 5.74) is -3.55. The highest BCUT2D eigenvalue weighted by Crippen LogP contribution is 2.34. The molecule has 23 heavy (non-hydrogen) atoms. The Balaban J connectivity index is 2.17. The van der Waals surface area contributed by atoms with E-state index in [1.165, 1.54) is 17.8 Å². The lowest BCUT2D eigenvalue weighted by atomic mass is 10.1. The molecule has 2 aromatic carbocycles. The topological polar surface area (TPSA) is 94.6 Å². The van der Waals surface area contributed by atoms with Gasteiger partial charge >= 0.3 is 22.5 Å². The van der Waals surface area contributed by atoms with Gasteiger partial charge in [0.05, 0.1) is 21.5 Å². The summed E-state index contributed by atoms with van der Waals surface area (Å²) in [5, 5.41) is -0.423. The van der Waals surface area contributed by atoms with Gasteiger partial charge in [0.25, 0.3) is 0 Å². The minimum atomic E-state index is -0.941. The maximum atomic E-state index is 12.0. The molecule has 0 spiro atoms. The summed E-state index contributed by atoms with van der Waals surface area (Å²) in [6, 6.07) is 10.5. The molecule has 0 aliphatic heterocycles. The lowest BCUT2D eigenvalue weighted by Crippen LogP contribution is -1.99. The van der Waals surface area contributed by atoms with Crippen molar-refractivity contribution in [3.63, 3.8) is 0 Å². The van der Waals surface area contributed by atoms with E-state index >= 15 is 0 Å². The monoisotopic (exact) mass is 326 g/mol. The molecule has 112 valence electrons. The smallest absolute Gasteiger partial charge is 0.348 e. The Morgan fingerprint density at radius 1 is 0.696 bits per heavy atom. The summed E-state index contributed by atoms with van der Waals surface area (Å²) in [4.78, 5) is 48.6. The highest BCUT2D eigenvalue weighted by atomic mass is 32.2. The molecular formula is C16H6O6S. The summed E-state index contributed by atoms with van der Waals surface area (Å²) in [7, 11) is 0. The van der Waals surface area contributed by atoms with Crippen molar-refractivity contribution in [1.82, 2.24) is 0 Å². The van der Waals surface area contributed by atoms with Crippen molar-refractivity contribution in [2.75, 3.05) is 0 Å². The molecule has 0 amide bonds. The maximum Gasteiger partial charge on any atom is 0.348 e. The minimum absolute atomic E-state index is 0.00532. The molecule has 2 heterocycles. The molecule has 0 bridgehead atoms. The van der Waals surface area contributed by atoms with Crippen molar-refractivity contribution < 1.29 is 8.83 Å². The standard InChI is InChI=1S/C16H6O6S/c17-13-8-6-9(23-7-4-2-1-3-5-7)11-12(10(8)14(18)21-13)16(20)22-15(11)19/h1-6H. The van der Waals surface area contributed by atoms with Gasteiger partial charge < -0.3 is 8.83 Å². The average Bonchev–Trinajstić information content (AvgIpc) is 2.97. The lowest BCUT2D eigenvalue weighted by Gasteiger charge is -2.02. The van der Waals surface area contributed by atoms with Gasteiger partial charge in [-0.3, -0.25) is 0 Å². The van der Waals surface area contributed by atoms with Crippen molar-refractivity contribution in [2.24, 2.45) is 0 Å². The first-order valence-corrected chi connectivity index (χ1v) is 7.35. The van der Waals surface area contributed by atoms with Gasteiger partial charge in [-0.05, 0) is 18.2 Å². The molecule has 0 aliphatic rings. The van der Waals surface area contributed by atoms with Crippen LogP contribution >= 0.6 is 11.8 Å². The second kappa shape index (κ2) is 4.79. The fourth-order valence-corrected chi connectivity index (χ4v) is 3.52. The number of benzene rings is 2. The molecule has 0 unspecified atom stereocenters. The fourth-order valence-electron chi connectivity index (χ4n) is 2.51. The van der Waals surface area contributed by atoms with Gasteiger partial charge in [-0.1, -0.05) is 30.0 Å². The second-order valence-corrected chi connectivity index (χ2v) is 5.93. The number of furan rings is 2. The number of hydrogen-bond donors (Lipinski definition) is 0. The van der Waals surface area contributed by atoms with E-state index in [1.807, 2.05) is 30.3 Å². The largest absolute Gasteiger partial charge is 0.386 e. The summed E-state index contributed by atoms with van der Waals surface area (Å²) >= 11 is 1.20. The van der Waals surface area contributed by atoms with E-state index in [-0.39, 0.29) is 21.5 Å². The van der Waals surface area contributed by atoms with Gasteiger partial charge in [0, 0.05) is 9.79 Å². The van der Waals surface area contributed by atoms with Crippen LogP contribution in [0.5, 0.6) is 0 Å².